The number of carbonyl (C=O) groups excluding carboxylic acids is 2. The lowest BCUT2D eigenvalue weighted by molar-refractivity contribution is -0.144. The quantitative estimate of drug-likeness (QED) is 0.676. The van der Waals surface area contributed by atoms with Crippen LogP contribution >= 0.6 is 0 Å². The molecule has 0 bridgehead atoms. The number of anilines is 1. The zero-order chi connectivity index (χ0) is 20.1. The third-order valence-corrected chi connectivity index (χ3v) is 4.16. The average molecular weight is 391 g/mol. The summed E-state index contributed by atoms with van der Waals surface area (Å²) < 4.78 is 39.3. The molecule has 1 aliphatic rings. The number of carbonyl (C=O) groups is 2. The van der Waals surface area contributed by atoms with Crippen molar-refractivity contribution >= 4 is 17.6 Å². The number of rotatable bonds is 7. The summed E-state index contributed by atoms with van der Waals surface area (Å²) in [6, 6.07) is 12.9. The van der Waals surface area contributed by atoms with Gasteiger partial charge >= 0.3 is 12.6 Å². The van der Waals surface area contributed by atoms with Crippen LogP contribution in [-0.2, 0) is 20.9 Å². The molecule has 1 heterocycles. The van der Waals surface area contributed by atoms with Gasteiger partial charge in [-0.25, -0.2) is 0 Å². The molecule has 2 aromatic carbocycles. The molecule has 1 atom stereocenters. The van der Waals surface area contributed by atoms with Crippen LogP contribution in [0.2, 0.25) is 0 Å². The van der Waals surface area contributed by atoms with Crippen molar-refractivity contribution in [3.8, 4) is 11.5 Å². The van der Waals surface area contributed by atoms with E-state index in [4.69, 9.17) is 9.47 Å². The number of benzene rings is 2. The molecule has 8 heteroatoms. The van der Waals surface area contributed by atoms with Gasteiger partial charge < -0.3 is 19.1 Å². The first-order chi connectivity index (χ1) is 13.4. The zero-order valence-corrected chi connectivity index (χ0v) is 15.1. The molecule has 1 unspecified atom stereocenters. The molecule has 0 saturated heterocycles. The Bertz CT molecular complexity index is 841. The van der Waals surface area contributed by atoms with Crippen molar-refractivity contribution in [2.24, 2.45) is 0 Å². The summed E-state index contributed by atoms with van der Waals surface area (Å²) in [6.45, 7) is -1.06. The van der Waals surface area contributed by atoms with E-state index in [-0.39, 0.29) is 31.2 Å². The minimum Gasteiger partial charge on any atom is -0.479 e. The van der Waals surface area contributed by atoms with Crippen LogP contribution in [0.1, 0.15) is 18.9 Å². The summed E-state index contributed by atoms with van der Waals surface area (Å²) >= 11 is 0. The molecular weight excluding hydrogens is 372 g/mol. The molecule has 0 saturated carbocycles. The molecule has 0 aliphatic carbocycles. The van der Waals surface area contributed by atoms with Crippen LogP contribution in [0, 0.1) is 0 Å². The second-order valence-corrected chi connectivity index (χ2v) is 6.15. The lowest BCUT2D eigenvalue weighted by atomic mass is 10.2. The maximum atomic E-state index is 12.4. The van der Waals surface area contributed by atoms with Crippen LogP contribution in [0.4, 0.5) is 14.5 Å². The summed E-state index contributed by atoms with van der Waals surface area (Å²) in [5, 5.41) is 0. The molecule has 1 aliphatic heterocycles. The molecule has 28 heavy (non-hydrogen) atoms. The first kappa shape index (κ1) is 19.6. The Morgan fingerprint density at radius 2 is 1.89 bits per heavy atom. The fraction of sp³-hybridized carbons (Fsp3) is 0.300. The second-order valence-electron chi connectivity index (χ2n) is 6.15. The summed E-state index contributed by atoms with van der Waals surface area (Å²) in [7, 11) is 0. The summed E-state index contributed by atoms with van der Waals surface area (Å²) in [5.41, 5.74) is 1.25. The van der Waals surface area contributed by atoms with E-state index in [1.165, 1.54) is 29.2 Å². The molecule has 0 radical (unpaired) electrons. The number of ether oxygens (including phenoxy) is 3. The minimum absolute atomic E-state index is 0.00214. The van der Waals surface area contributed by atoms with Crippen molar-refractivity contribution in [2.75, 3.05) is 11.4 Å². The Labute approximate surface area is 160 Å². The molecule has 0 fully saturated rings. The van der Waals surface area contributed by atoms with Gasteiger partial charge in [0.25, 0.3) is 5.91 Å². The van der Waals surface area contributed by atoms with Crippen molar-refractivity contribution in [2.45, 2.75) is 32.7 Å². The summed E-state index contributed by atoms with van der Waals surface area (Å²) in [5.74, 6) is -0.0729. The molecule has 148 valence electrons. The highest BCUT2D eigenvalue weighted by molar-refractivity contribution is 6.00. The zero-order valence-electron chi connectivity index (χ0n) is 15.1. The van der Waals surface area contributed by atoms with Gasteiger partial charge in [-0.3, -0.25) is 9.59 Å². The van der Waals surface area contributed by atoms with Gasteiger partial charge in [-0.1, -0.05) is 24.3 Å². The average Bonchev–Trinajstić information content (AvgIpc) is 2.67. The lowest BCUT2D eigenvalue weighted by Crippen LogP contribution is -2.45. The van der Waals surface area contributed by atoms with E-state index in [0.717, 1.165) is 0 Å². The molecule has 0 aromatic heterocycles. The molecule has 0 spiro atoms. The lowest BCUT2D eigenvalue weighted by Gasteiger charge is -2.32. The maximum absolute atomic E-state index is 12.4. The number of fused-ring (bicyclic) bond motifs is 1. The third kappa shape index (κ3) is 4.76. The van der Waals surface area contributed by atoms with E-state index in [1.54, 1.807) is 25.1 Å². The topological polar surface area (TPSA) is 65.1 Å². The number of halogens is 2. The Morgan fingerprint density at radius 1 is 1.18 bits per heavy atom. The summed E-state index contributed by atoms with van der Waals surface area (Å²) in [6.07, 6.45) is -0.612. The molecule has 1 amide bonds. The van der Waals surface area contributed by atoms with E-state index < -0.39 is 18.7 Å². The van der Waals surface area contributed by atoms with Crippen molar-refractivity contribution in [3.63, 3.8) is 0 Å². The fourth-order valence-electron chi connectivity index (χ4n) is 2.80. The Kier molecular flexibility index (Phi) is 6.08. The molecule has 6 nitrogen and oxygen atoms in total. The van der Waals surface area contributed by atoms with Gasteiger partial charge in [0.1, 0.15) is 18.1 Å². The third-order valence-electron chi connectivity index (χ3n) is 4.16. The van der Waals surface area contributed by atoms with Crippen molar-refractivity contribution in [1.29, 1.82) is 0 Å². The number of nitrogens with zero attached hydrogens (tertiary/aromatic N) is 1. The van der Waals surface area contributed by atoms with Gasteiger partial charge in [0.15, 0.2) is 6.10 Å². The minimum atomic E-state index is -2.89. The summed E-state index contributed by atoms with van der Waals surface area (Å²) in [4.78, 5) is 25.9. The van der Waals surface area contributed by atoms with E-state index >= 15 is 0 Å². The van der Waals surface area contributed by atoms with E-state index in [2.05, 4.69) is 4.74 Å². The van der Waals surface area contributed by atoms with Gasteiger partial charge in [-0.15, -0.1) is 0 Å². The van der Waals surface area contributed by atoms with E-state index in [9.17, 15) is 18.4 Å². The van der Waals surface area contributed by atoms with Crippen LogP contribution in [0.25, 0.3) is 0 Å². The van der Waals surface area contributed by atoms with Gasteiger partial charge in [0, 0.05) is 6.54 Å². The largest absolute Gasteiger partial charge is 0.479 e. The molecular formula is C20H19F2NO5. The monoisotopic (exact) mass is 391 g/mol. The van der Waals surface area contributed by atoms with E-state index in [0.29, 0.717) is 17.0 Å². The van der Waals surface area contributed by atoms with Gasteiger partial charge in [-0.2, -0.15) is 8.78 Å². The first-order valence-corrected chi connectivity index (χ1v) is 8.70. The first-order valence-electron chi connectivity index (χ1n) is 8.70. The fourth-order valence-corrected chi connectivity index (χ4v) is 2.80. The number of hydrogen-bond acceptors (Lipinski definition) is 5. The highest BCUT2D eigenvalue weighted by Gasteiger charge is 2.31. The SMILES string of the molecule is CC1Oc2ccccc2N(CCC(=O)OCc2ccc(OC(F)F)cc2)C1=O. The van der Waals surface area contributed by atoms with Crippen LogP contribution in [0.3, 0.4) is 0 Å². The highest BCUT2D eigenvalue weighted by Crippen LogP contribution is 2.33. The standard InChI is InChI=1S/C20H19F2NO5/c1-13-19(25)23(16-4-2-3-5-17(16)27-13)11-10-18(24)26-12-14-6-8-15(9-7-14)28-20(21)22/h2-9,13,20H,10-12H2,1H3. The van der Waals surface area contributed by atoms with Crippen LogP contribution < -0.4 is 14.4 Å². The Hall–Kier alpha value is -3.16. The smallest absolute Gasteiger partial charge is 0.387 e. The number of amides is 1. The van der Waals surface area contributed by atoms with E-state index in [1.807, 2.05) is 6.07 Å². The predicted octanol–water partition coefficient (Wildman–Crippen LogP) is 3.54. The molecule has 2 aromatic rings. The predicted molar refractivity (Wildman–Crippen MR) is 96.4 cm³/mol. The van der Waals surface area contributed by atoms with Gasteiger partial charge in [0.05, 0.1) is 12.1 Å². The number of para-hydroxylation sites is 2. The molecule has 3 rings (SSSR count). The molecule has 0 N–H and O–H groups in total. The van der Waals surface area contributed by atoms with Gasteiger partial charge in [0.2, 0.25) is 0 Å². The van der Waals surface area contributed by atoms with Crippen LogP contribution in [-0.4, -0.2) is 31.1 Å². The number of hydrogen-bond donors (Lipinski definition) is 0. The van der Waals surface area contributed by atoms with Gasteiger partial charge in [-0.05, 0) is 36.8 Å². The Morgan fingerprint density at radius 3 is 2.61 bits per heavy atom. The van der Waals surface area contributed by atoms with Crippen molar-refractivity contribution < 1.29 is 32.6 Å². The van der Waals surface area contributed by atoms with Crippen LogP contribution in [0.15, 0.2) is 48.5 Å². The van der Waals surface area contributed by atoms with Crippen molar-refractivity contribution in [3.05, 3.63) is 54.1 Å². The number of esters is 1. The van der Waals surface area contributed by atoms with Crippen LogP contribution in [0.5, 0.6) is 11.5 Å². The number of alkyl halides is 2. The second kappa shape index (κ2) is 8.69. The van der Waals surface area contributed by atoms with Crippen molar-refractivity contribution in [1.82, 2.24) is 0 Å². The highest BCUT2D eigenvalue weighted by atomic mass is 19.3. The normalized spacial score (nSPS) is 15.8. The Balaban J connectivity index is 1.52. The maximum Gasteiger partial charge on any atom is 0.387 e.